The van der Waals surface area contributed by atoms with Crippen LogP contribution in [0.15, 0.2) is 57.8 Å². The first kappa shape index (κ1) is 19.3. The van der Waals surface area contributed by atoms with E-state index in [9.17, 15) is 25.2 Å². The van der Waals surface area contributed by atoms with Crippen LogP contribution in [0.1, 0.15) is 23.8 Å². The van der Waals surface area contributed by atoms with Gasteiger partial charge in [-0.1, -0.05) is 30.4 Å². The number of hydrogen-bond donors (Lipinski definition) is 4. The van der Waals surface area contributed by atoms with Crippen LogP contribution in [0.5, 0.6) is 17.2 Å². The zero-order valence-corrected chi connectivity index (χ0v) is 15.2. The fraction of sp³-hybridized carbons (Fsp3) is 0.136. The highest BCUT2D eigenvalue weighted by atomic mass is 16.3. The fourth-order valence-electron chi connectivity index (χ4n) is 2.76. The molecular formula is C22H20O6. The van der Waals surface area contributed by atoms with Gasteiger partial charge in [0.05, 0.1) is 6.10 Å². The van der Waals surface area contributed by atoms with Crippen LogP contribution < -0.4 is 5.43 Å². The minimum atomic E-state index is -0.964. The van der Waals surface area contributed by atoms with Crippen molar-refractivity contribution < 1.29 is 24.8 Å². The summed E-state index contributed by atoms with van der Waals surface area (Å²) in [6, 6.07) is 8.94. The molecule has 3 aromatic rings. The number of aliphatic hydroxyl groups excluding tert-OH is 1. The lowest BCUT2D eigenvalue weighted by Gasteiger charge is -2.14. The first-order chi connectivity index (χ1) is 13.3. The van der Waals surface area contributed by atoms with Crippen molar-refractivity contribution in [3.8, 4) is 17.2 Å². The molecule has 1 aromatic heterocycles. The summed E-state index contributed by atoms with van der Waals surface area (Å²) in [5.74, 6) is -0.321. The number of aliphatic hydroxyl groups is 1. The maximum atomic E-state index is 12.5. The van der Waals surface area contributed by atoms with E-state index in [2.05, 4.69) is 6.58 Å². The Kier molecular flexibility index (Phi) is 5.24. The molecule has 6 nitrogen and oxygen atoms in total. The summed E-state index contributed by atoms with van der Waals surface area (Å²) >= 11 is 0. The molecule has 0 radical (unpaired) electrons. The highest BCUT2D eigenvalue weighted by molar-refractivity contribution is 5.87. The van der Waals surface area contributed by atoms with Crippen molar-refractivity contribution in [2.75, 3.05) is 0 Å². The van der Waals surface area contributed by atoms with Gasteiger partial charge < -0.3 is 24.8 Å². The molecule has 0 saturated carbocycles. The zero-order chi connectivity index (χ0) is 20.4. The standard InChI is InChI=1S/C22H20O6/c1-12(2)17(24)10-16-18(25)11-20-21(22(16)27)19(26)9-15(28-20)8-5-13-3-6-14(23)7-4-13/h3-9,11,17,23-25,27H,1,10H2,2H3. The Morgan fingerprint density at radius 1 is 1.14 bits per heavy atom. The fourth-order valence-corrected chi connectivity index (χ4v) is 2.76. The van der Waals surface area contributed by atoms with Gasteiger partial charge >= 0.3 is 0 Å². The Bertz CT molecular complexity index is 1120. The zero-order valence-electron chi connectivity index (χ0n) is 15.2. The van der Waals surface area contributed by atoms with E-state index in [4.69, 9.17) is 4.42 Å². The number of phenolic OH excluding ortho intramolecular Hbond substituents is 3. The Labute approximate surface area is 160 Å². The van der Waals surface area contributed by atoms with Crippen LogP contribution in [-0.4, -0.2) is 26.5 Å². The first-order valence-corrected chi connectivity index (χ1v) is 8.58. The van der Waals surface area contributed by atoms with E-state index in [0.717, 1.165) is 5.56 Å². The summed E-state index contributed by atoms with van der Waals surface area (Å²) in [5, 5.41) is 39.9. The van der Waals surface area contributed by atoms with Gasteiger partial charge in [-0.2, -0.15) is 0 Å². The highest BCUT2D eigenvalue weighted by Crippen LogP contribution is 2.35. The van der Waals surface area contributed by atoms with Crippen LogP contribution in [0.25, 0.3) is 23.1 Å². The number of aromatic hydroxyl groups is 3. The molecule has 0 aliphatic carbocycles. The molecule has 6 heteroatoms. The van der Waals surface area contributed by atoms with Crippen molar-refractivity contribution in [3.05, 3.63) is 75.7 Å². The van der Waals surface area contributed by atoms with Crippen molar-refractivity contribution >= 4 is 23.1 Å². The predicted octanol–water partition coefficient (Wildman–Crippen LogP) is 3.56. The predicted molar refractivity (Wildman–Crippen MR) is 107 cm³/mol. The van der Waals surface area contributed by atoms with Crippen molar-refractivity contribution in [2.24, 2.45) is 0 Å². The van der Waals surface area contributed by atoms with E-state index < -0.39 is 17.3 Å². The van der Waals surface area contributed by atoms with Crippen molar-refractivity contribution in [2.45, 2.75) is 19.4 Å². The van der Waals surface area contributed by atoms with Gasteiger partial charge in [0, 0.05) is 24.1 Å². The molecule has 1 unspecified atom stereocenters. The molecule has 4 N–H and O–H groups in total. The van der Waals surface area contributed by atoms with Gasteiger partial charge in [-0.25, -0.2) is 0 Å². The number of hydrogen-bond acceptors (Lipinski definition) is 6. The maximum Gasteiger partial charge on any atom is 0.197 e. The molecule has 1 heterocycles. The third-order valence-corrected chi connectivity index (χ3v) is 4.39. The van der Waals surface area contributed by atoms with Crippen LogP contribution in [0.4, 0.5) is 0 Å². The second-order valence-electron chi connectivity index (χ2n) is 6.60. The number of fused-ring (bicyclic) bond motifs is 1. The molecule has 0 fully saturated rings. The lowest BCUT2D eigenvalue weighted by Crippen LogP contribution is -2.12. The van der Waals surface area contributed by atoms with Crippen molar-refractivity contribution in [1.29, 1.82) is 0 Å². The van der Waals surface area contributed by atoms with E-state index >= 15 is 0 Å². The Morgan fingerprint density at radius 2 is 1.82 bits per heavy atom. The average Bonchev–Trinajstić information content (AvgIpc) is 2.63. The minimum Gasteiger partial charge on any atom is -0.508 e. The van der Waals surface area contributed by atoms with Gasteiger partial charge in [0.2, 0.25) is 0 Å². The minimum absolute atomic E-state index is 0.0291. The molecule has 2 aromatic carbocycles. The van der Waals surface area contributed by atoms with Gasteiger partial charge in [0.1, 0.15) is 34.0 Å². The number of benzene rings is 2. The Balaban J connectivity index is 2.03. The van der Waals surface area contributed by atoms with Crippen LogP contribution in [0.3, 0.4) is 0 Å². The van der Waals surface area contributed by atoms with Crippen LogP contribution in [0.2, 0.25) is 0 Å². The highest BCUT2D eigenvalue weighted by Gasteiger charge is 2.19. The molecule has 0 saturated heterocycles. The van der Waals surface area contributed by atoms with Crippen LogP contribution in [0, 0.1) is 0 Å². The van der Waals surface area contributed by atoms with Crippen LogP contribution >= 0.6 is 0 Å². The SMILES string of the molecule is C=C(C)C(O)Cc1c(O)cc2oc(C=Cc3ccc(O)cc3)cc(=O)c2c1O. The monoisotopic (exact) mass is 380 g/mol. The van der Waals surface area contributed by atoms with Crippen molar-refractivity contribution in [3.63, 3.8) is 0 Å². The Hall–Kier alpha value is -3.51. The lowest BCUT2D eigenvalue weighted by molar-refractivity contribution is 0.209. The van der Waals surface area contributed by atoms with E-state index in [-0.39, 0.29) is 40.2 Å². The molecule has 28 heavy (non-hydrogen) atoms. The summed E-state index contributed by atoms with van der Waals surface area (Å²) in [7, 11) is 0. The second kappa shape index (κ2) is 7.62. The topological polar surface area (TPSA) is 111 Å². The van der Waals surface area contributed by atoms with Gasteiger partial charge in [-0.15, -0.1) is 0 Å². The molecular weight excluding hydrogens is 360 g/mol. The summed E-state index contributed by atoms with van der Waals surface area (Å²) in [6.07, 6.45) is 2.22. The smallest absolute Gasteiger partial charge is 0.197 e. The average molecular weight is 380 g/mol. The summed E-state index contributed by atoms with van der Waals surface area (Å²) in [5.41, 5.74) is 0.871. The lowest BCUT2D eigenvalue weighted by atomic mass is 9.99. The largest absolute Gasteiger partial charge is 0.508 e. The maximum absolute atomic E-state index is 12.5. The van der Waals surface area contributed by atoms with E-state index in [1.54, 1.807) is 31.2 Å². The molecule has 3 rings (SSSR count). The van der Waals surface area contributed by atoms with Gasteiger partial charge in [0.25, 0.3) is 0 Å². The second-order valence-corrected chi connectivity index (χ2v) is 6.60. The summed E-state index contributed by atoms with van der Waals surface area (Å²) in [6.45, 7) is 5.26. The summed E-state index contributed by atoms with van der Waals surface area (Å²) in [4.78, 5) is 12.5. The number of phenols is 3. The van der Waals surface area contributed by atoms with Gasteiger partial charge in [-0.05, 0) is 30.7 Å². The summed E-state index contributed by atoms with van der Waals surface area (Å²) < 4.78 is 5.62. The molecule has 0 bridgehead atoms. The van der Waals surface area contributed by atoms with Crippen molar-refractivity contribution in [1.82, 2.24) is 0 Å². The molecule has 0 aliphatic rings. The number of rotatable bonds is 5. The Morgan fingerprint density at radius 3 is 2.46 bits per heavy atom. The van der Waals surface area contributed by atoms with E-state index in [1.807, 2.05) is 0 Å². The third kappa shape index (κ3) is 3.92. The van der Waals surface area contributed by atoms with Gasteiger partial charge in [0.15, 0.2) is 5.43 Å². The third-order valence-electron chi connectivity index (χ3n) is 4.39. The van der Waals surface area contributed by atoms with Gasteiger partial charge in [-0.3, -0.25) is 4.79 Å². The van der Waals surface area contributed by atoms with Crippen LogP contribution in [-0.2, 0) is 6.42 Å². The quantitative estimate of drug-likeness (QED) is 0.504. The first-order valence-electron chi connectivity index (χ1n) is 8.58. The molecule has 0 spiro atoms. The molecule has 0 amide bonds. The van der Waals surface area contributed by atoms with E-state index in [0.29, 0.717) is 5.57 Å². The van der Waals surface area contributed by atoms with E-state index in [1.165, 1.54) is 24.3 Å². The molecule has 144 valence electrons. The normalized spacial score (nSPS) is 12.5. The molecule has 1 atom stereocenters. The molecule has 0 aliphatic heterocycles.